The molecule has 0 bridgehead atoms. The minimum Gasteiger partial charge on any atom is -0.507 e. The molecule has 1 amide bonds. The molecule has 1 unspecified atom stereocenters. The lowest BCUT2D eigenvalue weighted by molar-refractivity contribution is -0.140. The molecule has 1 fully saturated rings. The molecule has 2 heterocycles. The van der Waals surface area contributed by atoms with Gasteiger partial charge in [0.05, 0.1) is 42.1 Å². The highest BCUT2D eigenvalue weighted by Gasteiger charge is 2.46. The Balaban J connectivity index is 1.84. The number of likely N-dealkylation sites (tertiary alicyclic amines) is 1. The van der Waals surface area contributed by atoms with Crippen LogP contribution in [0.5, 0.6) is 11.5 Å². The number of carbonyl (C=O) groups is 2. The predicted molar refractivity (Wildman–Crippen MR) is 141 cm³/mol. The number of carbonyl (C=O) groups excluding carboxylic acids is 2. The van der Waals surface area contributed by atoms with Crippen LogP contribution in [0.15, 0.2) is 72.4 Å². The van der Waals surface area contributed by atoms with Crippen LogP contribution in [-0.4, -0.2) is 39.9 Å². The maximum Gasteiger partial charge on any atom is 0.296 e. The van der Waals surface area contributed by atoms with E-state index in [1.807, 2.05) is 39.0 Å². The van der Waals surface area contributed by atoms with E-state index in [0.717, 1.165) is 0 Å². The molecular formula is C29H29ClN2O5. The van der Waals surface area contributed by atoms with Crippen LogP contribution in [0, 0.1) is 5.92 Å². The Morgan fingerprint density at radius 1 is 1.08 bits per heavy atom. The summed E-state index contributed by atoms with van der Waals surface area (Å²) in [4.78, 5) is 32.4. The van der Waals surface area contributed by atoms with Crippen molar-refractivity contribution in [2.75, 3.05) is 13.2 Å². The number of Topliss-reactive ketones (excluding diaryl/α,β-unsaturated/α-hetero) is 1. The third-order valence-corrected chi connectivity index (χ3v) is 6.17. The maximum absolute atomic E-state index is 13.4. The summed E-state index contributed by atoms with van der Waals surface area (Å²) in [6.45, 7) is 6.90. The first-order valence-electron chi connectivity index (χ1n) is 12.1. The number of hydrogen-bond acceptors (Lipinski definition) is 6. The summed E-state index contributed by atoms with van der Waals surface area (Å²) >= 11 is 6.23. The minimum atomic E-state index is -0.851. The van der Waals surface area contributed by atoms with Gasteiger partial charge in [-0.25, -0.2) is 0 Å². The second kappa shape index (κ2) is 11.5. The third kappa shape index (κ3) is 5.78. The van der Waals surface area contributed by atoms with E-state index in [-0.39, 0.29) is 17.9 Å². The Bertz CT molecular complexity index is 1320. The van der Waals surface area contributed by atoms with Gasteiger partial charge < -0.3 is 19.5 Å². The van der Waals surface area contributed by atoms with Crippen LogP contribution < -0.4 is 9.47 Å². The molecule has 8 heteroatoms. The predicted octanol–water partition coefficient (Wildman–Crippen LogP) is 5.79. The quantitative estimate of drug-likeness (QED) is 0.218. The van der Waals surface area contributed by atoms with E-state index >= 15 is 0 Å². The molecule has 0 aliphatic carbocycles. The highest BCUT2D eigenvalue weighted by atomic mass is 35.5. The van der Waals surface area contributed by atoms with Crippen LogP contribution in [0.4, 0.5) is 0 Å². The molecule has 0 saturated carbocycles. The molecule has 1 N–H and O–H groups in total. The van der Waals surface area contributed by atoms with E-state index in [1.165, 1.54) is 4.90 Å². The Labute approximate surface area is 221 Å². The molecule has 37 heavy (non-hydrogen) atoms. The second-order valence-corrected chi connectivity index (χ2v) is 9.51. The fourth-order valence-electron chi connectivity index (χ4n) is 4.17. The van der Waals surface area contributed by atoms with Gasteiger partial charge in [-0.2, -0.15) is 0 Å². The zero-order valence-electron chi connectivity index (χ0n) is 21.0. The smallest absolute Gasteiger partial charge is 0.296 e. The van der Waals surface area contributed by atoms with E-state index in [0.29, 0.717) is 52.5 Å². The number of amides is 1. The molecule has 1 aliphatic heterocycles. The normalized spacial score (nSPS) is 16.9. The molecule has 1 aliphatic rings. The van der Waals surface area contributed by atoms with Crippen LogP contribution in [0.3, 0.4) is 0 Å². The van der Waals surface area contributed by atoms with Crippen LogP contribution in [0.25, 0.3) is 5.76 Å². The van der Waals surface area contributed by atoms with Gasteiger partial charge in [0.15, 0.2) is 0 Å². The molecule has 4 rings (SSSR count). The molecule has 1 aromatic heterocycles. The molecule has 3 aromatic rings. The Morgan fingerprint density at radius 2 is 1.89 bits per heavy atom. The summed E-state index contributed by atoms with van der Waals surface area (Å²) in [5.74, 6) is -0.498. The number of aliphatic hydroxyl groups excluding tert-OH is 1. The zero-order chi connectivity index (χ0) is 26.5. The van der Waals surface area contributed by atoms with Gasteiger partial charge in [0.25, 0.3) is 11.7 Å². The van der Waals surface area contributed by atoms with Crippen LogP contribution in [-0.2, 0) is 16.1 Å². The summed E-state index contributed by atoms with van der Waals surface area (Å²) in [5.41, 5.74) is 1.55. The molecule has 0 spiro atoms. The van der Waals surface area contributed by atoms with Crippen molar-refractivity contribution in [2.45, 2.75) is 33.4 Å². The Kier molecular flexibility index (Phi) is 8.14. The SMILES string of the molecule is CCOc1cc(/C(O)=C2/C(=O)C(=O)N(Cc3ccccn3)C2c2cccc(OCC(C)C)c2)ccc1Cl. The monoisotopic (exact) mass is 520 g/mol. The molecule has 1 saturated heterocycles. The van der Waals surface area contributed by atoms with Gasteiger partial charge >= 0.3 is 0 Å². The van der Waals surface area contributed by atoms with Gasteiger partial charge in [0.2, 0.25) is 0 Å². The fraction of sp³-hybridized carbons (Fsp3) is 0.276. The number of hydrogen-bond donors (Lipinski definition) is 1. The van der Waals surface area contributed by atoms with E-state index in [1.54, 1.807) is 48.7 Å². The zero-order valence-corrected chi connectivity index (χ0v) is 21.7. The highest BCUT2D eigenvalue weighted by molar-refractivity contribution is 6.46. The van der Waals surface area contributed by atoms with Crippen LogP contribution in [0.1, 0.15) is 43.6 Å². The minimum absolute atomic E-state index is 0.0216. The summed E-state index contributed by atoms with van der Waals surface area (Å²) in [5, 5.41) is 11.8. The summed E-state index contributed by atoms with van der Waals surface area (Å²) in [7, 11) is 0. The number of pyridine rings is 1. The standard InChI is InChI=1S/C29H29ClN2O5/c1-4-36-24-15-20(11-12-23(24)30)27(33)25-26(19-8-7-10-22(14-19)37-17-18(2)3)32(29(35)28(25)34)16-21-9-5-6-13-31-21/h5-15,18,26,33H,4,16-17H2,1-3H3/b27-25-. The number of nitrogens with zero attached hydrogens (tertiary/aromatic N) is 2. The van der Waals surface area contributed by atoms with Gasteiger partial charge in [-0.3, -0.25) is 14.6 Å². The first-order chi connectivity index (χ1) is 17.8. The Morgan fingerprint density at radius 3 is 2.59 bits per heavy atom. The molecule has 1 atom stereocenters. The van der Waals surface area contributed by atoms with Crippen molar-refractivity contribution in [3.05, 3.63) is 94.3 Å². The van der Waals surface area contributed by atoms with Gasteiger partial charge in [0, 0.05) is 11.8 Å². The van der Waals surface area contributed by atoms with Crippen molar-refractivity contribution in [3.63, 3.8) is 0 Å². The molecule has 0 radical (unpaired) electrons. The lowest BCUT2D eigenvalue weighted by Gasteiger charge is -2.25. The van der Waals surface area contributed by atoms with Crippen molar-refractivity contribution in [1.82, 2.24) is 9.88 Å². The largest absolute Gasteiger partial charge is 0.507 e. The number of rotatable bonds is 9. The highest BCUT2D eigenvalue weighted by Crippen LogP contribution is 2.41. The van der Waals surface area contributed by atoms with Crippen molar-refractivity contribution in [3.8, 4) is 11.5 Å². The van der Waals surface area contributed by atoms with E-state index < -0.39 is 17.7 Å². The number of benzene rings is 2. The van der Waals surface area contributed by atoms with Crippen molar-refractivity contribution >= 4 is 29.1 Å². The topological polar surface area (TPSA) is 89.0 Å². The molecule has 192 valence electrons. The first kappa shape index (κ1) is 26.2. The van der Waals surface area contributed by atoms with Crippen molar-refractivity contribution < 1.29 is 24.2 Å². The van der Waals surface area contributed by atoms with Crippen LogP contribution in [0.2, 0.25) is 5.02 Å². The van der Waals surface area contributed by atoms with Gasteiger partial charge in [0.1, 0.15) is 17.3 Å². The third-order valence-electron chi connectivity index (χ3n) is 5.86. The van der Waals surface area contributed by atoms with Crippen LogP contribution >= 0.6 is 11.6 Å². The number of aromatic nitrogens is 1. The van der Waals surface area contributed by atoms with E-state index in [2.05, 4.69) is 4.98 Å². The van der Waals surface area contributed by atoms with Crippen molar-refractivity contribution in [1.29, 1.82) is 0 Å². The van der Waals surface area contributed by atoms with Gasteiger partial charge in [-0.05, 0) is 60.9 Å². The number of halogens is 1. The summed E-state index contributed by atoms with van der Waals surface area (Å²) < 4.78 is 11.5. The van der Waals surface area contributed by atoms with Gasteiger partial charge in [-0.1, -0.05) is 43.6 Å². The van der Waals surface area contributed by atoms with E-state index in [4.69, 9.17) is 21.1 Å². The number of aliphatic hydroxyl groups is 1. The summed E-state index contributed by atoms with van der Waals surface area (Å²) in [6, 6.07) is 16.5. The average Bonchev–Trinajstić information content (AvgIpc) is 3.14. The lowest BCUT2D eigenvalue weighted by Crippen LogP contribution is -2.29. The lowest BCUT2D eigenvalue weighted by atomic mass is 9.95. The molecule has 2 aromatic carbocycles. The maximum atomic E-state index is 13.4. The van der Waals surface area contributed by atoms with Gasteiger partial charge in [-0.15, -0.1) is 0 Å². The first-order valence-corrected chi connectivity index (χ1v) is 12.5. The second-order valence-electron chi connectivity index (χ2n) is 9.10. The molecular weight excluding hydrogens is 492 g/mol. The van der Waals surface area contributed by atoms with E-state index in [9.17, 15) is 14.7 Å². The fourth-order valence-corrected chi connectivity index (χ4v) is 4.34. The van der Waals surface area contributed by atoms with Crippen molar-refractivity contribution in [2.24, 2.45) is 5.92 Å². The number of ketones is 1. The Hall–Kier alpha value is -3.84. The average molecular weight is 521 g/mol. The molecule has 7 nitrogen and oxygen atoms in total. The number of ether oxygens (including phenoxy) is 2. The summed E-state index contributed by atoms with van der Waals surface area (Å²) in [6.07, 6.45) is 1.63.